The minimum absolute atomic E-state index is 0.376. The lowest BCUT2D eigenvalue weighted by molar-refractivity contribution is 0.490. The molecule has 0 bridgehead atoms. The normalized spacial score (nSPS) is 17.5. The Kier molecular flexibility index (Phi) is 2.58. The summed E-state index contributed by atoms with van der Waals surface area (Å²) in [5.74, 6) is 1.44. The topological polar surface area (TPSA) is 56.7 Å². The largest absolute Gasteiger partial charge is 0.369 e. The van der Waals surface area contributed by atoms with E-state index in [9.17, 15) is 0 Å². The molecule has 0 saturated heterocycles. The Morgan fingerprint density at radius 3 is 3.06 bits per heavy atom. The second kappa shape index (κ2) is 3.98. The second-order valence-corrected chi connectivity index (χ2v) is 5.78. The number of anilines is 1. The van der Waals surface area contributed by atoms with Gasteiger partial charge in [-0.15, -0.1) is 0 Å². The molecule has 1 unspecified atom stereocenters. The van der Waals surface area contributed by atoms with Gasteiger partial charge in [-0.1, -0.05) is 12.8 Å². The first-order chi connectivity index (χ1) is 8.15. The number of fused-ring (bicyclic) bond motifs is 1. The van der Waals surface area contributed by atoms with Gasteiger partial charge in [0.2, 0.25) is 5.95 Å². The van der Waals surface area contributed by atoms with Gasteiger partial charge in [0.15, 0.2) is 5.65 Å². The first-order valence-electron chi connectivity index (χ1n) is 5.94. The van der Waals surface area contributed by atoms with E-state index in [0.29, 0.717) is 12.0 Å². The minimum atomic E-state index is 0.376. The van der Waals surface area contributed by atoms with Crippen LogP contribution in [0.5, 0.6) is 0 Å². The van der Waals surface area contributed by atoms with Crippen molar-refractivity contribution in [2.45, 2.75) is 32.2 Å². The fraction of sp³-hybridized carbons (Fsp3) is 0.500. The number of rotatable bonds is 3. The Morgan fingerprint density at radius 2 is 2.35 bits per heavy atom. The number of hydrogen-bond acceptors (Lipinski definition) is 3. The molecule has 2 aromatic heterocycles. The number of nitrogen functional groups attached to an aromatic ring is 1. The average Bonchev–Trinajstić information content (AvgIpc) is 2.99. The summed E-state index contributed by atoms with van der Waals surface area (Å²) in [6, 6.07) is 2.33. The lowest BCUT2D eigenvalue weighted by atomic mass is 10.1. The second-order valence-electron chi connectivity index (χ2n) is 4.86. The van der Waals surface area contributed by atoms with E-state index >= 15 is 0 Å². The summed E-state index contributed by atoms with van der Waals surface area (Å²) in [5, 5.41) is 0. The number of halogens is 1. The maximum atomic E-state index is 6.00. The van der Waals surface area contributed by atoms with E-state index in [1.807, 2.05) is 6.07 Å². The number of nitrogens with zero attached hydrogens (tertiary/aromatic N) is 3. The number of imidazole rings is 1. The van der Waals surface area contributed by atoms with Gasteiger partial charge in [-0.2, -0.15) is 0 Å². The summed E-state index contributed by atoms with van der Waals surface area (Å²) >= 11 is 3.40. The molecule has 17 heavy (non-hydrogen) atoms. The van der Waals surface area contributed by atoms with Crippen molar-refractivity contribution in [1.29, 1.82) is 0 Å². The zero-order chi connectivity index (χ0) is 12.0. The summed E-state index contributed by atoms with van der Waals surface area (Å²) in [6.45, 7) is 2.19. The van der Waals surface area contributed by atoms with E-state index in [2.05, 4.69) is 37.4 Å². The van der Waals surface area contributed by atoms with Crippen molar-refractivity contribution in [3.63, 3.8) is 0 Å². The van der Waals surface area contributed by atoms with E-state index in [0.717, 1.165) is 21.6 Å². The maximum absolute atomic E-state index is 6.00. The molecule has 0 amide bonds. The molecule has 1 fully saturated rings. The first kappa shape index (κ1) is 11.0. The van der Waals surface area contributed by atoms with Crippen LogP contribution in [0.1, 0.15) is 32.2 Å². The molecule has 0 spiro atoms. The summed E-state index contributed by atoms with van der Waals surface area (Å²) in [7, 11) is 0. The van der Waals surface area contributed by atoms with Crippen LogP contribution in [0.4, 0.5) is 5.95 Å². The zero-order valence-electron chi connectivity index (χ0n) is 9.73. The molecule has 1 aliphatic carbocycles. The average molecular weight is 295 g/mol. The molecular weight excluding hydrogens is 280 g/mol. The third kappa shape index (κ3) is 2.04. The highest BCUT2D eigenvalue weighted by molar-refractivity contribution is 9.10. The molecule has 90 valence electrons. The van der Waals surface area contributed by atoms with Gasteiger partial charge in [0.25, 0.3) is 0 Å². The predicted molar refractivity (Wildman–Crippen MR) is 71.7 cm³/mol. The van der Waals surface area contributed by atoms with Crippen LogP contribution >= 0.6 is 15.9 Å². The first-order valence-corrected chi connectivity index (χ1v) is 6.73. The van der Waals surface area contributed by atoms with E-state index < -0.39 is 0 Å². The Hall–Kier alpha value is -1.10. The van der Waals surface area contributed by atoms with Crippen molar-refractivity contribution >= 4 is 33.0 Å². The van der Waals surface area contributed by atoms with Gasteiger partial charge in [0, 0.05) is 16.7 Å². The van der Waals surface area contributed by atoms with Gasteiger partial charge in [0.1, 0.15) is 5.52 Å². The fourth-order valence-electron chi connectivity index (χ4n) is 2.35. The lowest BCUT2D eigenvalue weighted by Gasteiger charge is -2.14. The molecule has 2 N–H and O–H groups in total. The van der Waals surface area contributed by atoms with Crippen LogP contribution in [0.15, 0.2) is 16.7 Å². The molecule has 0 radical (unpaired) electrons. The number of hydrogen-bond donors (Lipinski definition) is 1. The monoisotopic (exact) mass is 294 g/mol. The Labute approximate surface area is 108 Å². The molecule has 4 nitrogen and oxygen atoms in total. The highest BCUT2D eigenvalue weighted by atomic mass is 79.9. The van der Waals surface area contributed by atoms with Gasteiger partial charge in [0.05, 0.1) is 0 Å². The van der Waals surface area contributed by atoms with Crippen LogP contribution in [0, 0.1) is 5.92 Å². The third-order valence-corrected chi connectivity index (χ3v) is 3.77. The van der Waals surface area contributed by atoms with Crippen molar-refractivity contribution in [2.24, 2.45) is 5.92 Å². The van der Waals surface area contributed by atoms with E-state index in [1.165, 1.54) is 19.3 Å². The van der Waals surface area contributed by atoms with Crippen LogP contribution in [-0.4, -0.2) is 14.5 Å². The quantitative estimate of drug-likeness (QED) is 0.946. The van der Waals surface area contributed by atoms with E-state index in [-0.39, 0.29) is 0 Å². The van der Waals surface area contributed by atoms with Gasteiger partial charge in [-0.3, -0.25) is 4.57 Å². The predicted octanol–water partition coefficient (Wildman–Crippen LogP) is 3.14. The third-order valence-electron chi connectivity index (χ3n) is 3.34. The Balaban J connectivity index is 2.04. The van der Waals surface area contributed by atoms with Crippen LogP contribution in [-0.2, 0) is 0 Å². The van der Waals surface area contributed by atoms with Crippen LogP contribution in [0.2, 0.25) is 0 Å². The van der Waals surface area contributed by atoms with Crippen molar-refractivity contribution in [1.82, 2.24) is 14.5 Å². The van der Waals surface area contributed by atoms with Crippen LogP contribution in [0.25, 0.3) is 11.2 Å². The molecule has 0 aromatic carbocycles. The molecule has 2 aromatic rings. The summed E-state index contributed by atoms with van der Waals surface area (Å²) in [6.07, 6.45) is 5.68. The van der Waals surface area contributed by atoms with Crippen molar-refractivity contribution in [3.8, 4) is 0 Å². The summed E-state index contributed by atoms with van der Waals surface area (Å²) in [5.41, 5.74) is 7.75. The number of aromatic nitrogens is 3. The molecule has 1 atom stereocenters. The van der Waals surface area contributed by atoms with Gasteiger partial charge < -0.3 is 5.73 Å². The molecule has 1 saturated carbocycles. The number of nitrogens with two attached hydrogens (primary N) is 1. The zero-order valence-corrected chi connectivity index (χ0v) is 11.3. The van der Waals surface area contributed by atoms with Gasteiger partial charge in [-0.25, -0.2) is 9.97 Å². The molecule has 5 heteroatoms. The Morgan fingerprint density at radius 1 is 1.59 bits per heavy atom. The molecule has 0 aliphatic heterocycles. The highest BCUT2D eigenvalue weighted by Gasteiger charge is 2.26. The smallest absolute Gasteiger partial charge is 0.202 e. The standard InChI is InChI=1S/C12H15BrN4/c1-7(4-8-2-3-8)17-11-10(16-12(17)14)5-9(13)6-15-11/h5-8H,2-4H2,1H3,(H2,14,16). The summed E-state index contributed by atoms with van der Waals surface area (Å²) in [4.78, 5) is 8.79. The number of pyridine rings is 1. The van der Waals surface area contributed by atoms with E-state index in [4.69, 9.17) is 5.73 Å². The Bertz CT molecular complexity index is 559. The van der Waals surface area contributed by atoms with E-state index in [1.54, 1.807) is 6.20 Å². The molecular formula is C12H15BrN4. The fourth-order valence-corrected chi connectivity index (χ4v) is 2.67. The maximum Gasteiger partial charge on any atom is 0.202 e. The van der Waals surface area contributed by atoms with Gasteiger partial charge >= 0.3 is 0 Å². The highest BCUT2D eigenvalue weighted by Crippen LogP contribution is 2.38. The van der Waals surface area contributed by atoms with Gasteiger partial charge in [-0.05, 0) is 41.3 Å². The van der Waals surface area contributed by atoms with Crippen molar-refractivity contribution in [2.75, 3.05) is 5.73 Å². The van der Waals surface area contributed by atoms with Crippen molar-refractivity contribution < 1.29 is 0 Å². The molecule has 2 heterocycles. The SMILES string of the molecule is CC(CC1CC1)n1c(N)nc2cc(Br)cnc21. The molecule has 1 aliphatic rings. The van der Waals surface area contributed by atoms with Crippen molar-refractivity contribution in [3.05, 3.63) is 16.7 Å². The summed E-state index contributed by atoms with van der Waals surface area (Å²) < 4.78 is 2.99. The lowest BCUT2D eigenvalue weighted by Crippen LogP contribution is -2.10. The molecule has 3 rings (SSSR count). The van der Waals surface area contributed by atoms with Crippen LogP contribution < -0.4 is 5.73 Å². The van der Waals surface area contributed by atoms with Crippen LogP contribution in [0.3, 0.4) is 0 Å². The minimum Gasteiger partial charge on any atom is -0.369 e.